The molecule has 0 saturated carbocycles. The molecule has 0 radical (unpaired) electrons. The molecule has 158 valence electrons. The zero-order chi connectivity index (χ0) is 20.4. The van der Waals surface area contributed by atoms with Gasteiger partial charge in [0, 0.05) is 37.8 Å². The Morgan fingerprint density at radius 1 is 1.24 bits per heavy atom. The molecule has 2 fully saturated rings. The van der Waals surface area contributed by atoms with Gasteiger partial charge in [-0.25, -0.2) is 4.79 Å². The number of rotatable bonds is 5. The molecule has 1 aromatic rings. The number of para-hydroxylation sites is 1. The van der Waals surface area contributed by atoms with Gasteiger partial charge in [-0.2, -0.15) is 0 Å². The van der Waals surface area contributed by atoms with Crippen molar-refractivity contribution in [1.82, 2.24) is 15.1 Å². The Labute approximate surface area is 171 Å². The number of benzene rings is 1. The number of carbonyl (C=O) groups is 2. The third-order valence-corrected chi connectivity index (χ3v) is 6.21. The van der Waals surface area contributed by atoms with E-state index in [9.17, 15) is 14.7 Å². The van der Waals surface area contributed by atoms with Crippen LogP contribution in [0.1, 0.15) is 24.8 Å². The molecular formula is C21H30N4O4. The lowest BCUT2D eigenvalue weighted by Gasteiger charge is -2.59. The summed E-state index contributed by atoms with van der Waals surface area (Å²) in [6.45, 7) is 6.09. The highest BCUT2D eigenvalue weighted by Gasteiger charge is 2.55. The van der Waals surface area contributed by atoms with Crippen LogP contribution in [0.15, 0.2) is 24.3 Å². The van der Waals surface area contributed by atoms with Crippen LogP contribution < -0.4 is 10.2 Å². The standard InChI is InChI=1S/C21H30N4O4/c1-2-7-22-21(28)24-12-17-20(15-5-3-4-6-16(15)24)18(14-26)25(17)19(27)13-23-8-10-29-11-9-23/h3-6,17-18,20,26H,2,7-14H2,1H3,(H,22,28)/t17-,18-,20+/m0/s1. The Morgan fingerprint density at radius 2 is 2.00 bits per heavy atom. The van der Waals surface area contributed by atoms with E-state index in [-0.39, 0.29) is 36.5 Å². The predicted molar refractivity (Wildman–Crippen MR) is 109 cm³/mol. The molecule has 0 aliphatic carbocycles. The van der Waals surface area contributed by atoms with Gasteiger partial charge in [0.15, 0.2) is 0 Å². The minimum atomic E-state index is -0.240. The number of aliphatic hydroxyl groups is 1. The van der Waals surface area contributed by atoms with Crippen LogP contribution in [0.25, 0.3) is 0 Å². The monoisotopic (exact) mass is 402 g/mol. The van der Waals surface area contributed by atoms with E-state index in [0.29, 0.717) is 32.8 Å². The van der Waals surface area contributed by atoms with Gasteiger partial charge in [-0.05, 0) is 18.1 Å². The normalized spacial score (nSPS) is 26.3. The number of nitrogens with zero attached hydrogens (tertiary/aromatic N) is 3. The fourth-order valence-corrected chi connectivity index (χ4v) is 4.79. The van der Waals surface area contributed by atoms with Crippen molar-refractivity contribution in [3.05, 3.63) is 29.8 Å². The molecule has 2 N–H and O–H groups in total. The van der Waals surface area contributed by atoms with Crippen LogP contribution in [0, 0.1) is 0 Å². The molecular weight excluding hydrogens is 372 g/mol. The van der Waals surface area contributed by atoms with Gasteiger partial charge in [-0.15, -0.1) is 0 Å². The van der Waals surface area contributed by atoms with Crippen LogP contribution in [-0.2, 0) is 9.53 Å². The fraction of sp³-hybridized carbons (Fsp3) is 0.619. The molecule has 3 atom stereocenters. The van der Waals surface area contributed by atoms with Gasteiger partial charge >= 0.3 is 6.03 Å². The Morgan fingerprint density at radius 3 is 2.72 bits per heavy atom. The Hall–Kier alpha value is -2.16. The van der Waals surface area contributed by atoms with E-state index < -0.39 is 0 Å². The van der Waals surface area contributed by atoms with E-state index in [4.69, 9.17) is 4.74 Å². The third kappa shape index (κ3) is 3.72. The number of ether oxygens (including phenoxy) is 1. The molecule has 8 nitrogen and oxygen atoms in total. The second-order valence-corrected chi connectivity index (χ2v) is 7.93. The zero-order valence-electron chi connectivity index (χ0n) is 16.9. The Kier molecular flexibility index (Phi) is 6.03. The SMILES string of the molecule is CCCNC(=O)N1C[C@H]2[C@@H](c3ccccc31)[C@H](CO)N2C(=O)CN1CCOCC1. The highest BCUT2D eigenvalue weighted by molar-refractivity contribution is 5.94. The Balaban J connectivity index is 1.56. The summed E-state index contributed by atoms with van der Waals surface area (Å²) in [4.78, 5) is 31.5. The van der Waals surface area contributed by atoms with Crippen LogP contribution in [0.2, 0.25) is 0 Å². The summed E-state index contributed by atoms with van der Waals surface area (Å²) in [6.07, 6.45) is 0.865. The highest BCUT2D eigenvalue weighted by atomic mass is 16.5. The number of likely N-dealkylation sites (tertiary alicyclic amines) is 1. The van der Waals surface area contributed by atoms with Gasteiger partial charge in [0.1, 0.15) is 0 Å². The fourth-order valence-electron chi connectivity index (χ4n) is 4.79. The molecule has 8 heteroatoms. The minimum Gasteiger partial charge on any atom is -0.394 e. The first-order chi connectivity index (χ1) is 14.2. The third-order valence-electron chi connectivity index (χ3n) is 6.21. The number of carbonyl (C=O) groups excluding carboxylic acids is 2. The molecule has 0 bridgehead atoms. The maximum Gasteiger partial charge on any atom is 0.321 e. The lowest BCUT2D eigenvalue weighted by atomic mass is 9.72. The van der Waals surface area contributed by atoms with Crippen LogP contribution in [0.4, 0.5) is 10.5 Å². The van der Waals surface area contributed by atoms with Gasteiger partial charge in [-0.1, -0.05) is 25.1 Å². The van der Waals surface area contributed by atoms with E-state index in [2.05, 4.69) is 10.2 Å². The average molecular weight is 402 g/mol. The summed E-state index contributed by atoms with van der Waals surface area (Å²) in [7, 11) is 0. The molecule has 0 spiro atoms. The number of hydrogen-bond donors (Lipinski definition) is 2. The highest BCUT2D eigenvalue weighted by Crippen LogP contribution is 2.48. The van der Waals surface area contributed by atoms with E-state index in [1.165, 1.54) is 0 Å². The number of urea groups is 1. The quantitative estimate of drug-likeness (QED) is 0.754. The smallest absolute Gasteiger partial charge is 0.321 e. The molecule has 3 aliphatic rings. The zero-order valence-corrected chi connectivity index (χ0v) is 16.9. The maximum absolute atomic E-state index is 13.1. The van der Waals surface area contributed by atoms with E-state index >= 15 is 0 Å². The number of anilines is 1. The van der Waals surface area contributed by atoms with Crippen molar-refractivity contribution in [2.75, 3.05) is 57.4 Å². The molecule has 3 heterocycles. The first-order valence-electron chi connectivity index (χ1n) is 10.5. The van der Waals surface area contributed by atoms with Crippen LogP contribution in [0.3, 0.4) is 0 Å². The molecule has 29 heavy (non-hydrogen) atoms. The van der Waals surface area contributed by atoms with E-state index in [1.807, 2.05) is 31.2 Å². The van der Waals surface area contributed by atoms with Gasteiger partial charge in [0.25, 0.3) is 0 Å². The van der Waals surface area contributed by atoms with Crippen LogP contribution in [-0.4, -0.2) is 91.5 Å². The van der Waals surface area contributed by atoms with Crippen molar-refractivity contribution in [3.8, 4) is 0 Å². The summed E-state index contributed by atoms with van der Waals surface area (Å²) in [5.41, 5.74) is 1.91. The van der Waals surface area contributed by atoms with Crippen molar-refractivity contribution < 1.29 is 19.4 Å². The predicted octanol–water partition coefficient (Wildman–Crippen LogP) is 0.614. The maximum atomic E-state index is 13.1. The summed E-state index contributed by atoms with van der Waals surface area (Å²) in [6, 6.07) is 7.36. The van der Waals surface area contributed by atoms with Gasteiger partial charge in [-0.3, -0.25) is 14.6 Å². The molecule has 4 rings (SSSR count). The van der Waals surface area contributed by atoms with Crippen molar-refractivity contribution in [1.29, 1.82) is 0 Å². The van der Waals surface area contributed by atoms with E-state index in [0.717, 1.165) is 30.8 Å². The summed E-state index contributed by atoms with van der Waals surface area (Å²) in [5.74, 6) is 0.0700. The molecule has 3 amide bonds. The lowest BCUT2D eigenvalue weighted by Crippen LogP contribution is -2.72. The summed E-state index contributed by atoms with van der Waals surface area (Å²) >= 11 is 0. The number of aliphatic hydroxyl groups excluding tert-OH is 1. The molecule has 0 unspecified atom stereocenters. The number of amides is 3. The van der Waals surface area contributed by atoms with Crippen LogP contribution >= 0.6 is 0 Å². The molecule has 1 aromatic carbocycles. The number of nitrogens with one attached hydrogen (secondary N) is 1. The first-order valence-corrected chi connectivity index (χ1v) is 10.5. The van der Waals surface area contributed by atoms with Gasteiger partial charge in [0.05, 0.1) is 38.4 Å². The number of morpholine rings is 1. The topological polar surface area (TPSA) is 85.4 Å². The average Bonchev–Trinajstić information content (AvgIpc) is 2.73. The largest absolute Gasteiger partial charge is 0.394 e. The molecule has 2 saturated heterocycles. The second kappa shape index (κ2) is 8.69. The first kappa shape index (κ1) is 20.1. The van der Waals surface area contributed by atoms with Gasteiger partial charge < -0.3 is 20.1 Å². The number of fused-ring (bicyclic) bond motifs is 3. The van der Waals surface area contributed by atoms with E-state index in [1.54, 1.807) is 9.80 Å². The summed E-state index contributed by atoms with van der Waals surface area (Å²) in [5, 5.41) is 13.0. The second-order valence-electron chi connectivity index (χ2n) is 7.93. The summed E-state index contributed by atoms with van der Waals surface area (Å²) < 4.78 is 5.36. The minimum absolute atomic E-state index is 0.0143. The molecule has 0 aromatic heterocycles. The Bertz CT molecular complexity index is 752. The van der Waals surface area contributed by atoms with Crippen LogP contribution in [0.5, 0.6) is 0 Å². The lowest BCUT2D eigenvalue weighted by molar-refractivity contribution is -0.152. The molecule has 3 aliphatic heterocycles. The van der Waals surface area contributed by atoms with Crippen molar-refractivity contribution in [3.63, 3.8) is 0 Å². The van der Waals surface area contributed by atoms with Crippen molar-refractivity contribution in [2.45, 2.75) is 31.3 Å². The van der Waals surface area contributed by atoms with Crippen molar-refractivity contribution in [2.24, 2.45) is 0 Å². The van der Waals surface area contributed by atoms with Crippen molar-refractivity contribution >= 4 is 17.6 Å². The van der Waals surface area contributed by atoms with Gasteiger partial charge in [0.2, 0.25) is 5.91 Å². The number of hydrogen-bond acceptors (Lipinski definition) is 5.